The molecule has 2 rings (SSSR count). The fourth-order valence-corrected chi connectivity index (χ4v) is 2.23. The monoisotopic (exact) mass is 339 g/mol. The van der Waals surface area contributed by atoms with E-state index in [-0.39, 0.29) is 0 Å². The molecule has 0 aromatic carbocycles. The Hall–Kier alpha value is -1.00. The van der Waals surface area contributed by atoms with Gasteiger partial charge in [0.05, 0.1) is 10.2 Å². The maximum Gasteiger partial charge on any atom is 0.179 e. The molecule has 0 radical (unpaired) electrons. The van der Waals surface area contributed by atoms with Gasteiger partial charge in [-0.1, -0.05) is 31.5 Å². The fourth-order valence-electron chi connectivity index (χ4n) is 1.70. The van der Waals surface area contributed by atoms with Crippen LogP contribution in [-0.2, 0) is 6.42 Å². The van der Waals surface area contributed by atoms with Crippen molar-refractivity contribution in [3.63, 3.8) is 0 Å². The lowest BCUT2D eigenvalue weighted by Gasteiger charge is -2.09. The Morgan fingerprint density at radius 1 is 1.26 bits per heavy atom. The average molecular weight is 341 g/mol. The van der Waals surface area contributed by atoms with Gasteiger partial charge in [0.25, 0.3) is 0 Å². The van der Waals surface area contributed by atoms with Crippen molar-refractivity contribution in [2.75, 3.05) is 0 Å². The van der Waals surface area contributed by atoms with Crippen LogP contribution in [0.5, 0.6) is 0 Å². The van der Waals surface area contributed by atoms with Gasteiger partial charge in [0.2, 0.25) is 0 Å². The molecule has 100 valence electrons. The Morgan fingerprint density at radius 3 is 2.58 bits per heavy atom. The molecule has 19 heavy (non-hydrogen) atoms. The fraction of sp³-hybridized carbons (Fsp3) is 0.357. The number of halogens is 2. The lowest BCUT2D eigenvalue weighted by molar-refractivity contribution is 0.632. The predicted octanol–water partition coefficient (Wildman–Crippen LogP) is 4.46. The van der Waals surface area contributed by atoms with E-state index < -0.39 is 0 Å². The Balaban J connectivity index is 2.46. The number of rotatable bonds is 3. The van der Waals surface area contributed by atoms with Crippen LogP contribution in [0.15, 0.2) is 22.8 Å². The summed E-state index contributed by atoms with van der Waals surface area (Å²) >= 11 is 9.61. The molecule has 0 aliphatic carbocycles. The third-order valence-electron chi connectivity index (χ3n) is 2.62. The molecule has 0 N–H and O–H groups in total. The minimum Gasteiger partial charge on any atom is -0.253 e. The molecule has 0 aliphatic heterocycles. The van der Waals surface area contributed by atoms with Gasteiger partial charge in [-0.25, -0.2) is 9.97 Å². The summed E-state index contributed by atoms with van der Waals surface area (Å²) in [6.07, 6.45) is 2.65. The third kappa shape index (κ3) is 3.51. The van der Waals surface area contributed by atoms with Crippen molar-refractivity contribution in [2.45, 2.75) is 27.2 Å². The molecule has 2 aromatic heterocycles. The highest BCUT2D eigenvalue weighted by atomic mass is 79.9. The van der Waals surface area contributed by atoms with Crippen molar-refractivity contribution < 1.29 is 0 Å². The maximum atomic E-state index is 6.16. The van der Waals surface area contributed by atoms with E-state index in [0.29, 0.717) is 16.9 Å². The molecule has 0 saturated carbocycles. The molecule has 0 bridgehead atoms. The molecule has 0 spiro atoms. The van der Waals surface area contributed by atoms with Crippen molar-refractivity contribution >= 4 is 27.5 Å². The zero-order valence-corrected chi connectivity index (χ0v) is 13.5. The number of aromatic nitrogens is 3. The first-order valence-electron chi connectivity index (χ1n) is 6.12. The molecule has 0 unspecified atom stereocenters. The molecule has 0 aliphatic rings. The van der Waals surface area contributed by atoms with Crippen LogP contribution in [0.3, 0.4) is 0 Å². The first-order chi connectivity index (χ1) is 8.97. The van der Waals surface area contributed by atoms with Gasteiger partial charge in [-0.15, -0.1) is 0 Å². The number of aryl methyl sites for hydroxylation is 1. The highest BCUT2D eigenvalue weighted by molar-refractivity contribution is 9.10. The van der Waals surface area contributed by atoms with Crippen LogP contribution in [0.1, 0.15) is 25.1 Å². The summed E-state index contributed by atoms with van der Waals surface area (Å²) in [7, 11) is 0. The topological polar surface area (TPSA) is 38.7 Å². The first kappa shape index (κ1) is 14.4. The van der Waals surface area contributed by atoms with E-state index >= 15 is 0 Å². The molecule has 0 saturated heterocycles. The molecule has 5 heteroatoms. The van der Waals surface area contributed by atoms with E-state index in [4.69, 9.17) is 11.6 Å². The summed E-state index contributed by atoms with van der Waals surface area (Å²) in [6.45, 7) is 6.29. The summed E-state index contributed by atoms with van der Waals surface area (Å²) in [5.41, 5.74) is 2.77. The number of hydrogen-bond acceptors (Lipinski definition) is 3. The van der Waals surface area contributed by atoms with Crippen LogP contribution in [0.25, 0.3) is 11.5 Å². The van der Waals surface area contributed by atoms with Crippen molar-refractivity contribution in [2.24, 2.45) is 5.92 Å². The zero-order valence-electron chi connectivity index (χ0n) is 11.1. The molecule has 0 fully saturated rings. The largest absolute Gasteiger partial charge is 0.253 e. The van der Waals surface area contributed by atoms with Gasteiger partial charge in [0, 0.05) is 6.20 Å². The van der Waals surface area contributed by atoms with E-state index in [1.165, 1.54) is 0 Å². The highest BCUT2D eigenvalue weighted by Gasteiger charge is 2.13. The SMILES string of the molecule is Cc1ccc(-c2nc(Cl)c(Br)c(CC(C)C)n2)nc1. The molecular formula is C14H15BrClN3. The van der Waals surface area contributed by atoms with Crippen LogP contribution < -0.4 is 0 Å². The molecule has 2 aromatic rings. The van der Waals surface area contributed by atoms with Gasteiger partial charge in [-0.3, -0.25) is 4.98 Å². The molecule has 0 amide bonds. The van der Waals surface area contributed by atoms with Gasteiger partial charge < -0.3 is 0 Å². The third-order valence-corrected chi connectivity index (χ3v) is 3.96. The summed E-state index contributed by atoms with van der Waals surface area (Å²) in [4.78, 5) is 13.2. The minimum atomic E-state index is 0.433. The lowest BCUT2D eigenvalue weighted by atomic mass is 10.1. The quantitative estimate of drug-likeness (QED) is 0.774. The number of nitrogens with zero attached hydrogens (tertiary/aromatic N) is 3. The van der Waals surface area contributed by atoms with Crippen LogP contribution in [0.4, 0.5) is 0 Å². The zero-order chi connectivity index (χ0) is 14.0. The highest BCUT2D eigenvalue weighted by Crippen LogP contribution is 2.27. The second-order valence-electron chi connectivity index (χ2n) is 4.92. The Kier molecular flexibility index (Phi) is 4.53. The summed E-state index contributed by atoms with van der Waals surface area (Å²) in [6, 6.07) is 3.90. The molecular weight excluding hydrogens is 326 g/mol. The summed E-state index contributed by atoms with van der Waals surface area (Å²) < 4.78 is 0.777. The van der Waals surface area contributed by atoms with Gasteiger partial charge in [0.1, 0.15) is 10.8 Å². The van der Waals surface area contributed by atoms with Crippen LogP contribution in [0, 0.1) is 12.8 Å². The molecule has 2 heterocycles. The predicted molar refractivity (Wildman–Crippen MR) is 81.3 cm³/mol. The van der Waals surface area contributed by atoms with Crippen molar-refractivity contribution in [3.8, 4) is 11.5 Å². The van der Waals surface area contributed by atoms with Crippen molar-refractivity contribution in [1.82, 2.24) is 15.0 Å². The standard InChI is InChI=1S/C14H15BrClN3/c1-8(2)6-11-12(15)13(16)19-14(18-11)10-5-4-9(3)7-17-10/h4-5,7-8H,6H2,1-3H3. The Labute approximate surface area is 126 Å². The van der Waals surface area contributed by atoms with Crippen LogP contribution in [-0.4, -0.2) is 15.0 Å². The van der Waals surface area contributed by atoms with Gasteiger partial charge in [-0.05, 0) is 46.8 Å². The second-order valence-corrected chi connectivity index (χ2v) is 6.07. The lowest BCUT2D eigenvalue weighted by Crippen LogP contribution is -2.03. The summed E-state index contributed by atoms with van der Waals surface area (Å²) in [5.74, 6) is 1.07. The number of pyridine rings is 1. The van der Waals surface area contributed by atoms with Crippen LogP contribution in [0.2, 0.25) is 5.15 Å². The maximum absolute atomic E-state index is 6.16. The minimum absolute atomic E-state index is 0.433. The van der Waals surface area contributed by atoms with Crippen LogP contribution >= 0.6 is 27.5 Å². The number of hydrogen-bond donors (Lipinski definition) is 0. The second kappa shape index (κ2) is 5.97. The van der Waals surface area contributed by atoms with Gasteiger partial charge in [-0.2, -0.15) is 0 Å². The van der Waals surface area contributed by atoms with Gasteiger partial charge in [0.15, 0.2) is 5.82 Å². The van der Waals surface area contributed by atoms with Crippen molar-refractivity contribution in [1.29, 1.82) is 0 Å². The molecule has 0 atom stereocenters. The average Bonchev–Trinajstić information content (AvgIpc) is 2.35. The van der Waals surface area contributed by atoms with E-state index in [0.717, 1.165) is 27.8 Å². The normalized spacial score (nSPS) is 11.1. The van der Waals surface area contributed by atoms with Gasteiger partial charge >= 0.3 is 0 Å². The van der Waals surface area contributed by atoms with E-state index in [1.54, 1.807) is 6.20 Å². The smallest absolute Gasteiger partial charge is 0.179 e. The van der Waals surface area contributed by atoms with E-state index in [2.05, 4.69) is 44.7 Å². The Morgan fingerprint density at radius 2 is 2.00 bits per heavy atom. The van der Waals surface area contributed by atoms with Crippen molar-refractivity contribution in [3.05, 3.63) is 39.2 Å². The first-order valence-corrected chi connectivity index (χ1v) is 7.29. The molecule has 3 nitrogen and oxygen atoms in total. The summed E-state index contributed by atoms with van der Waals surface area (Å²) in [5, 5.41) is 0.433. The van der Waals surface area contributed by atoms with E-state index in [9.17, 15) is 0 Å². The Bertz CT molecular complexity index is 582. The van der Waals surface area contributed by atoms with E-state index in [1.807, 2.05) is 19.1 Å².